The molecule has 0 spiro atoms. The number of carbonyl (C=O) groups excluding carboxylic acids is 2. The van der Waals surface area contributed by atoms with Crippen molar-refractivity contribution < 1.29 is 14.3 Å². The molecule has 1 amide bonds. The van der Waals surface area contributed by atoms with Gasteiger partial charge in [0.2, 0.25) is 5.91 Å². The number of terminal acetylenes is 1. The molecule has 0 fully saturated rings. The lowest BCUT2D eigenvalue weighted by molar-refractivity contribution is -0.140. The standard InChI is InChI=1S/C15H17NO3/c1-4-12-7-5-8-13(11-12)16(2)14(17)9-6-10-15(18)19-3/h1,5,7-8,11H,6,9-10H2,2-3H3. The molecule has 4 heteroatoms. The van der Waals surface area contributed by atoms with Gasteiger partial charge in [0.15, 0.2) is 0 Å². The van der Waals surface area contributed by atoms with Crippen molar-refractivity contribution in [3.8, 4) is 12.3 Å². The Labute approximate surface area is 113 Å². The van der Waals surface area contributed by atoms with Crippen molar-refractivity contribution >= 4 is 17.6 Å². The maximum Gasteiger partial charge on any atom is 0.305 e. The summed E-state index contributed by atoms with van der Waals surface area (Å²) in [5.41, 5.74) is 1.48. The lowest BCUT2D eigenvalue weighted by Crippen LogP contribution is -2.26. The molecule has 1 aromatic rings. The van der Waals surface area contributed by atoms with E-state index in [-0.39, 0.29) is 18.3 Å². The summed E-state index contributed by atoms with van der Waals surface area (Å²) in [6.45, 7) is 0. The van der Waals surface area contributed by atoms with Crippen LogP contribution in [0.15, 0.2) is 24.3 Å². The number of rotatable bonds is 5. The van der Waals surface area contributed by atoms with Gasteiger partial charge in [0.05, 0.1) is 7.11 Å². The number of methoxy groups -OCH3 is 1. The minimum Gasteiger partial charge on any atom is -0.469 e. The van der Waals surface area contributed by atoms with Gasteiger partial charge in [-0.3, -0.25) is 9.59 Å². The van der Waals surface area contributed by atoms with Gasteiger partial charge >= 0.3 is 5.97 Å². The maximum atomic E-state index is 11.9. The second-order valence-electron chi connectivity index (χ2n) is 4.08. The summed E-state index contributed by atoms with van der Waals surface area (Å²) in [5, 5.41) is 0. The molecule has 0 N–H and O–H groups in total. The number of anilines is 1. The predicted molar refractivity (Wildman–Crippen MR) is 73.7 cm³/mol. The summed E-state index contributed by atoms with van der Waals surface area (Å²) >= 11 is 0. The normalized spacial score (nSPS) is 9.53. The first-order chi connectivity index (χ1) is 9.08. The number of hydrogen-bond donors (Lipinski definition) is 0. The Morgan fingerprint density at radius 3 is 2.74 bits per heavy atom. The minimum absolute atomic E-state index is 0.0573. The molecule has 0 unspecified atom stereocenters. The van der Waals surface area contributed by atoms with Gasteiger partial charge in [-0.1, -0.05) is 12.0 Å². The first-order valence-corrected chi connectivity index (χ1v) is 5.98. The van der Waals surface area contributed by atoms with Gasteiger partial charge in [0.1, 0.15) is 0 Å². The summed E-state index contributed by atoms with van der Waals surface area (Å²) in [6, 6.07) is 7.21. The van der Waals surface area contributed by atoms with E-state index in [2.05, 4.69) is 10.7 Å². The Morgan fingerprint density at radius 1 is 1.37 bits per heavy atom. The molecule has 0 aliphatic heterocycles. The molecule has 4 nitrogen and oxygen atoms in total. The molecule has 0 aliphatic carbocycles. The maximum absolute atomic E-state index is 11.9. The number of ether oxygens (including phenoxy) is 1. The predicted octanol–water partition coefficient (Wildman–Crippen LogP) is 1.97. The van der Waals surface area contributed by atoms with Crippen molar-refractivity contribution in [2.75, 3.05) is 19.1 Å². The van der Waals surface area contributed by atoms with Crippen LogP contribution in [0.5, 0.6) is 0 Å². The van der Waals surface area contributed by atoms with Gasteiger partial charge in [0.25, 0.3) is 0 Å². The van der Waals surface area contributed by atoms with Gasteiger partial charge in [-0.2, -0.15) is 0 Å². The Bertz CT molecular complexity index is 502. The molecule has 0 radical (unpaired) electrons. The molecule has 0 heterocycles. The zero-order chi connectivity index (χ0) is 14.3. The first kappa shape index (κ1) is 14.8. The zero-order valence-corrected chi connectivity index (χ0v) is 11.2. The lowest BCUT2D eigenvalue weighted by Gasteiger charge is -2.17. The molecule has 19 heavy (non-hydrogen) atoms. The fourth-order valence-corrected chi connectivity index (χ4v) is 1.60. The molecule has 1 rings (SSSR count). The minimum atomic E-state index is -0.301. The van der Waals surface area contributed by atoms with Crippen LogP contribution in [-0.4, -0.2) is 26.0 Å². The summed E-state index contributed by atoms with van der Waals surface area (Å²) < 4.78 is 4.52. The van der Waals surface area contributed by atoms with Crippen LogP contribution in [0, 0.1) is 12.3 Å². The van der Waals surface area contributed by atoms with Crippen LogP contribution in [0.25, 0.3) is 0 Å². The molecular weight excluding hydrogens is 242 g/mol. The van der Waals surface area contributed by atoms with E-state index in [1.165, 1.54) is 12.0 Å². The van der Waals surface area contributed by atoms with Crippen LogP contribution in [0.1, 0.15) is 24.8 Å². The average molecular weight is 259 g/mol. The lowest BCUT2D eigenvalue weighted by atomic mass is 10.1. The summed E-state index contributed by atoms with van der Waals surface area (Å²) in [6.07, 6.45) is 6.34. The number of esters is 1. The largest absolute Gasteiger partial charge is 0.469 e. The van der Waals surface area contributed by atoms with Crippen molar-refractivity contribution in [1.82, 2.24) is 0 Å². The summed E-state index contributed by atoms with van der Waals surface area (Å²) in [5.74, 6) is 2.17. The third-order valence-electron chi connectivity index (χ3n) is 2.77. The molecule has 1 aromatic carbocycles. The van der Waals surface area contributed by atoms with Gasteiger partial charge < -0.3 is 9.64 Å². The molecular formula is C15H17NO3. The van der Waals surface area contributed by atoms with Crippen LogP contribution in [0.2, 0.25) is 0 Å². The van der Waals surface area contributed by atoms with E-state index in [0.29, 0.717) is 12.8 Å². The Morgan fingerprint density at radius 2 is 2.11 bits per heavy atom. The van der Waals surface area contributed by atoms with Crippen molar-refractivity contribution in [2.24, 2.45) is 0 Å². The van der Waals surface area contributed by atoms with Crippen molar-refractivity contribution in [1.29, 1.82) is 0 Å². The van der Waals surface area contributed by atoms with Crippen molar-refractivity contribution in [3.05, 3.63) is 29.8 Å². The summed E-state index contributed by atoms with van der Waals surface area (Å²) in [4.78, 5) is 24.4. The van der Waals surface area contributed by atoms with Crippen LogP contribution in [0.3, 0.4) is 0 Å². The van der Waals surface area contributed by atoms with Crippen LogP contribution in [-0.2, 0) is 14.3 Å². The van der Waals surface area contributed by atoms with E-state index in [9.17, 15) is 9.59 Å². The number of benzene rings is 1. The van der Waals surface area contributed by atoms with Crippen molar-refractivity contribution in [3.63, 3.8) is 0 Å². The fraction of sp³-hybridized carbons (Fsp3) is 0.333. The van der Waals surface area contributed by atoms with Gasteiger partial charge in [-0.05, 0) is 24.6 Å². The second kappa shape index (κ2) is 7.22. The smallest absolute Gasteiger partial charge is 0.305 e. The van der Waals surface area contributed by atoms with E-state index in [1.54, 1.807) is 19.2 Å². The third-order valence-corrected chi connectivity index (χ3v) is 2.77. The third kappa shape index (κ3) is 4.47. The first-order valence-electron chi connectivity index (χ1n) is 5.98. The Kier molecular flexibility index (Phi) is 5.62. The molecule has 0 saturated heterocycles. The average Bonchev–Trinajstić information content (AvgIpc) is 2.46. The topological polar surface area (TPSA) is 46.6 Å². The fourth-order valence-electron chi connectivity index (χ4n) is 1.60. The van der Waals surface area contributed by atoms with Crippen LogP contribution < -0.4 is 4.90 Å². The van der Waals surface area contributed by atoms with Crippen LogP contribution >= 0.6 is 0 Å². The van der Waals surface area contributed by atoms with E-state index >= 15 is 0 Å². The highest BCUT2D eigenvalue weighted by Gasteiger charge is 2.11. The van der Waals surface area contributed by atoms with Gasteiger partial charge in [-0.25, -0.2) is 0 Å². The molecule has 0 aromatic heterocycles. The molecule has 0 saturated carbocycles. The SMILES string of the molecule is C#Cc1cccc(N(C)C(=O)CCCC(=O)OC)c1. The monoisotopic (exact) mass is 259 g/mol. The molecule has 0 bridgehead atoms. The highest BCUT2D eigenvalue weighted by Crippen LogP contribution is 2.16. The zero-order valence-electron chi connectivity index (χ0n) is 11.2. The van der Waals surface area contributed by atoms with E-state index in [1.807, 2.05) is 12.1 Å². The van der Waals surface area contributed by atoms with E-state index in [0.717, 1.165) is 11.3 Å². The number of carbonyl (C=O) groups is 2. The molecule has 0 aliphatic rings. The molecule has 100 valence electrons. The van der Waals surface area contributed by atoms with E-state index in [4.69, 9.17) is 6.42 Å². The summed E-state index contributed by atoms with van der Waals surface area (Å²) in [7, 11) is 3.03. The van der Waals surface area contributed by atoms with Gasteiger partial charge in [-0.15, -0.1) is 6.42 Å². The number of amides is 1. The highest BCUT2D eigenvalue weighted by molar-refractivity contribution is 5.93. The van der Waals surface area contributed by atoms with E-state index < -0.39 is 0 Å². The molecule has 0 atom stereocenters. The second-order valence-corrected chi connectivity index (χ2v) is 4.08. The van der Waals surface area contributed by atoms with Gasteiger partial charge in [0, 0.05) is 31.1 Å². The number of nitrogens with zero attached hydrogens (tertiary/aromatic N) is 1. The Balaban J connectivity index is 2.57. The van der Waals surface area contributed by atoms with Crippen LogP contribution in [0.4, 0.5) is 5.69 Å². The quantitative estimate of drug-likeness (QED) is 0.600. The Hall–Kier alpha value is -2.28. The highest BCUT2D eigenvalue weighted by atomic mass is 16.5. The van der Waals surface area contributed by atoms with Crippen molar-refractivity contribution in [2.45, 2.75) is 19.3 Å². The number of hydrogen-bond acceptors (Lipinski definition) is 3.